The zero-order valence-electron chi connectivity index (χ0n) is 37.4. The summed E-state index contributed by atoms with van der Waals surface area (Å²) in [5.74, 6) is -3.31. The van der Waals surface area contributed by atoms with E-state index in [2.05, 4.69) is 5.32 Å². The van der Waals surface area contributed by atoms with Crippen LogP contribution in [0, 0.1) is 0 Å². The molecule has 0 bridgehead atoms. The van der Waals surface area contributed by atoms with E-state index >= 15 is 0 Å². The fraction of sp³-hybridized carbons (Fsp3) is 0.375. The van der Waals surface area contributed by atoms with Gasteiger partial charge in [0.15, 0.2) is 0 Å². The number of nitrogens with two attached hydrogens (primary N) is 3. The van der Waals surface area contributed by atoms with Crippen LogP contribution >= 0.6 is 46.4 Å². The molecule has 4 aromatic carbocycles. The van der Waals surface area contributed by atoms with Crippen LogP contribution in [0.25, 0.3) is 0 Å². The molecule has 0 aromatic heterocycles. The average Bonchev–Trinajstić information content (AvgIpc) is 3.30. The van der Waals surface area contributed by atoms with E-state index in [1.807, 2.05) is 0 Å². The van der Waals surface area contributed by atoms with Gasteiger partial charge in [-0.2, -0.15) is 0 Å². The third-order valence-corrected chi connectivity index (χ3v) is 11.5. The number of benzene rings is 4. The third-order valence-electron chi connectivity index (χ3n) is 10.5. The van der Waals surface area contributed by atoms with E-state index in [-0.39, 0.29) is 51.7 Å². The minimum absolute atomic E-state index is 0.0110. The number of unbranched alkanes of at least 4 members (excludes halogenated alkanes) is 2. The molecule has 0 unspecified atom stereocenters. The van der Waals surface area contributed by atoms with E-state index in [0.29, 0.717) is 69.3 Å². The number of nitrogens with one attached hydrogen (secondary N) is 1. The molecule has 15 nitrogen and oxygen atoms in total. The topological polar surface area (TPSA) is 209 Å². The molecule has 0 saturated heterocycles. The lowest BCUT2D eigenvalue weighted by Gasteiger charge is -2.32. The molecule has 0 aliphatic heterocycles. The van der Waals surface area contributed by atoms with Crippen molar-refractivity contribution in [1.82, 2.24) is 29.8 Å². The summed E-state index contributed by atoms with van der Waals surface area (Å²) in [5, 5.41) is 5.08. The number of amides is 6. The van der Waals surface area contributed by atoms with Crippen LogP contribution in [0.15, 0.2) is 97.1 Å². The molecular weight excluding hydrogens is 940 g/mol. The van der Waals surface area contributed by atoms with Crippen LogP contribution in [0.4, 0.5) is 0 Å². The summed E-state index contributed by atoms with van der Waals surface area (Å²) < 4.78 is 0. The Kier molecular flexibility index (Phi) is 23.4. The maximum absolute atomic E-state index is 14.5. The second kappa shape index (κ2) is 28.8. The fourth-order valence-corrected chi connectivity index (χ4v) is 7.36. The molecular formula is C48H59Cl4N9O6. The van der Waals surface area contributed by atoms with Crippen molar-refractivity contribution in [2.24, 2.45) is 17.2 Å². The predicted molar refractivity (Wildman–Crippen MR) is 263 cm³/mol. The van der Waals surface area contributed by atoms with Crippen molar-refractivity contribution in [3.05, 3.63) is 139 Å². The van der Waals surface area contributed by atoms with Crippen LogP contribution in [0.5, 0.6) is 0 Å². The van der Waals surface area contributed by atoms with Crippen molar-refractivity contribution in [2.45, 2.75) is 51.9 Å². The molecule has 19 heteroatoms. The maximum atomic E-state index is 14.5. The first-order valence-electron chi connectivity index (χ1n) is 21.9. The molecule has 0 heterocycles. The fourth-order valence-electron chi connectivity index (χ4n) is 6.85. The van der Waals surface area contributed by atoms with Crippen molar-refractivity contribution in [2.75, 3.05) is 65.4 Å². The first kappa shape index (κ1) is 54.3. The summed E-state index contributed by atoms with van der Waals surface area (Å²) in [6.07, 6.45) is 2.53. The van der Waals surface area contributed by atoms with Crippen molar-refractivity contribution >= 4 is 81.8 Å². The van der Waals surface area contributed by atoms with E-state index in [1.54, 1.807) is 97.1 Å². The minimum Gasteiger partial charge on any atom is -0.368 e. The third kappa shape index (κ3) is 19.9. The molecule has 67 heavy (non-hydrogen) atoms. The molecule has 4 rings (SSSR count). The molecule has 0 atom stereocenters. The number of halogens is 4. The Morgan fingerprint density at radius 1 is 0.403 bits per heavy atom. The van der Waals surface area contributed by atoms with Gasteiger partial charge in [-0.25, -0.2) is 0 Å². The van der Waals surface area contributed by atoms with Crippen molar-refractivity contribution in [3.8, 4) is 0 Å². The molecule has 4 aromatic rings. The van der Waals surface area contributed by atoms with Gasteiger partial charge < -0.3 is 47.0 Å². The van der Waals surface area contributed by atoms with E-state index < -0.39 is 55.7 Å². The highest BCUT2D eigenvalue weighted by Gasteiger charge is 2.29. The van der Waals surface area contributed by atoms with Gasteiger partial charge in [0.2, 0.25) is 35.4 Å². The highest BCUT2D eigenvalue weighted by atomic mass is 35.5. The van der Waals surface area contributed by atoms with Gasteiger partial charge in [0.05, 0.1) is 19.6 Å². The highest BCUT2D eigenvalue weighted by molar-refractivity contribution is 6.31. The Bertz CT molecular complexity index is 2220. The van der Waals surface area contributed by atoms with E-state index in [1.165, 1.54) is 24.5 Å². The number of hydrogen-bond donors (Lipinski definition) is 4. The van der Waals surface area contributed by atoms with Gasteiger partial charge in [-0.3, -0.25) is 28.8 Å². The summed E-state index contributed by atoms with van der Waals surface area (Å²) >= 11 is 24.6. The Morgan fingerprint density at radius 3 is 1.04 bits per heavy atom. The molecule has 0 aliphatic carbocycles. The Morgan fingerprint density at radius 2 is 0.701 bits per heavy atom. The number of carbonyl (C=O) groups excluding carboxylic acids is 6. The maximum Gasteiger partial charge on any atom is 0.242 e. The van der Waals surface area contributed by atoms with Crippen molar-refractivity contribution in [3.63, 3.8) is 0 Å². The average molecular weight is 1000 g/mol. The van der Waals surface area contributed by atoms with Crippen LogP contribution in [0.3, 0.4) is 0 Å². The van der Waals surface area contributed by atoms with Crippen molar-refractivity contribution in [1.29, 1.82) is 0 Å². The molecule has 360 valence electrons. The molecule has 0 saturated carbocycles. The summed E-state index contributed by atoms with van der Waals surface area (Å²) in [6.45, 7) is -0.642. The molecule has 0 spiro atoms. The summed E-state index contributed by atoms with van der Waals surface area (Å²) in [6, 6.07) is 27.2. The van der Waals surface area contributed by atoms with Gasteiger partial charge in [-0.05, 0) is 116 Å². The summed E-state index contributed by atoms with van der Waals surface area (Å²) in [7, 11) is 0. The monoisotopic (exact) mass is 997 g/mol. The lowest BCUT2D eigenvalue weighted by Crippen LogP contribution is -2.51. The number of carbonyl (C=O) groups is 6. The van der Waals surface area contributed by atoms with Crippen LogP contribution in [0.1, 0.15) is 47.9 Å². The number of primary amides is 1. The van der Waals surface area contributed by atoms with E-state index in [0.717, 1.165) is 18.4 Å². The second-order valence-electron chi connectivity index (χ2n) is 16.0. The van der Waals surface area contributed by atoms with E-state index in [9.17, 15) is 28.8 Å². The van der Waals surface area contributed by atoms with Gasteiger partial charge in [-0.15, -0.1) is 0 Å². The van der Waals surface area contributed by atoms with Crippen LogP contribution in [-0.2, 0) is 54.9 Å². The van der Waals surface area contributed by atoms with Crippen molar-refractivity contribution < 1.29 is 28.8 Å². The molecule has 7 N–H and O–H groups in total. The smallest absolute Gasteiger partial charge is 0.242 e. The Balaban J connectivity index is 1.63. The normalized spacial score (nSPS) is 10.9. The van der Waals surface area contributed by atoms with Gasteiger partial charge in [0.1, 0.15) is 19.6 Å². The zero-order valence-corrected chi connectivity index (χ0v) is 40.4. The number of hydrogen-bond acceptors (Lipinski definition) is 9. The summed E-state index contributed by atoms with van der Waals surface area (Å²) in [5.41, 5.74) is 19.8. The standard InChI is InChI=1S/C48H59Cl4N9O6/c49-39-13-5-35(6-14-39)26-58(30-43(55)62)47(66)34-61(29-38-11-19-42(52)20-12-38)46(65)31-57(24-4-2-22-54)45(64)32-60(28-37-9-17-41(51)18-10-37)48(67)33-59(27-36-7-15-40(50)16-8-36)44(63)25-56-23-3-1-21-53/h5-20,56H,1-4,21-34,53-54H2,(H2,55,62). The van der Waals surface area contributed by atoms with Gasteiger partial charge in [0, 0.05) is 52.8 Å². The minimum atomic E-state index is -0.750. The largest absolute Gasteiger partial charge is 0.368 e. The van der Waals surface area contributed by atoms with Gasteiger partial charge >= 0.3 is 0 Å². The predicted octanol–water partition coefficient (Wildman–Crippen LogP) is 5.10. The summed E-state index contributed by atoms with van der Waals surface area (Å²) in [4.78, 5) is 90.1. The van der Waals surface area contributed by atoms with E-state index in [4.69, 9.17) is 63.6 Å². The quantitative estimate of drug-likeness (QED) is 0.0558. The first-order chi connectivity index (χ1) is 32.1. The lowest BCUT2D eigenvalue weighted by atomic mass is 10.2. The molecule has 0 radical (unpaired) electrons. The van der Waals surface area contributed by atoms with Crippen LogP contribution < -0.4 is 22.5 Å². The van der Waals surface area contributed by atoms with Gasteiger partial charge in [0.25, 0.3) is 0 Å². The first-order valence-corrected chi connectivity index (χ1v) is 23.4. The Labute approximate surface area is 412 Å². The second-order valence-corrected chi connectivity index (χ2v) is 17.7. The van der Waals surface area contributed by atoms with Gasteiger partial charge in [-0.1, -0.05) is 94.9 Å². The zero-order chi connectivity index (χ0) is 48.7. The lowest BCUT2D eigenvalue weighted by molar-refractivity contribution is -0.148. The Hall–Kier alpha value is -5.26. The van der Waals surface area contributed by atoms with Crippen LogP contribution in [0.2, 0.25) is 20.1 Å². The molecule has 0 aliphatic rings. The highest BCUT2D eigenvalue weighted by Crippen LogP contribution is 2.18. The molecule has 0 fully saturated rings. The van der Waals surface area contributed by atoms with Crippen LogP contribution in [-0.4, -0.2) is 125 Å². The number of nitrogens with zero attached hydrogens (tertiary/aromatic N) is 5. The number of rotatable bonds is 28. The SMILES string of the molecule is NCCCCNCC(=O)N(CC(=O)N(CC(=O)N(CCCCN)CC(=O)N(CC(=O)N(CC(N)=O)Cc1ccc(Cl)cc1)Cc1ccc(Cl)cc1)Cc1ccc(Cl)cc1)Cc1ccc(Cl)cc1. The molecule has 6 amide bonds.